The number of hydrogen-bond acceptors (Lipinski definition) is 3. The second-order valence-electron chi connectivity index (χ2n) is 8.22. The third-order valence-electron chi connectivity index (χ3n) is 5.99. The lowest BCUT2D eigenvalue weighted by Gasteiger charge is -2.19. The molecule has 2 aromatic carbocycles. The van der Waals surface area contributed by atoms with Crippen LogP contribution in [0.3, 0.4) is 0 Å². The third kappa shape index (κ3) is 4.72. The van der Waals surface area contributed by atoms with Gasteiger partial charge in [-0.15, -0.1) is 0 Å². The normalized spacial score (nSPS) is 14.8. The van der Waals surface area contributed by atoms with Crippen molar-refractivity contribution >= 4 is 11.4 Å². The quantitative estimate of drug-likeness (QED) is 0.392. The molecule has 0 bridgehead atoms. The highest BCUT2D eigenvalue weighted by Gasteiger charge is 2.30. The molecule has 3 heteroatoms. The maximum atomic E-state index is 11.9. The zero-order valence-electron chi connectivity index (χ0n) is 18.4. The van der Waals surface area contributed by atoms with Gasteiger partial charge in [0, 0.05) is 30.2 Å². The summed E-state index contributed by atoms with van der Waals surface area (Å²) in [7, 11) is 1.74. The summed E-state index contributed by atoms with van der Waals surface area (Å²) in [5.74, 6) is 1.97. The standard InChI is InChI=1S/C28H30O3/c1-20(29)18-19-24-25(27(30-2)22-14-8-4-9-15-22)28(23-16-10-5-11-17-23)31-26(24)21-12-6-3-7-13-21/h4-5,8-12,14-17,27H,3,6-7,13,18-19H2,1-2H3. The molecule has 31 heavy (non-hydrogen) atoms. The SMILES string of the molecule is COC(c1ccccc1)c1c(-c2ccccc2)oc(C2=CCCCC2)c1CCC(C)=O. The number of ether oxygens (including phenoxy) is 1. The first-order valence-electron chi connectivity index (χ1n) is 11.2. The molecule has 0 spiro atoms. The molecular formula is C28H30O3. The van der Waals surface area contributed by atoms with Gasteiger partial charge < -0.3 is 13.9 Å². The molecule has 0 saturated heterocycles. The summed E-state index contributed by atoms with van der Waals surface area (Å²) in [6.07, 6.45) is 7.66. The van der Waals surface area contributed by atoms with Crippen LogP contribution in [0.25, 0.3) is 16.9 Å². The van der Waals surface area contributed by atoms with Crippen molar-refractivity contribution in [3.63, 3.8) is 0 Å². The van der Waals surface area contributed by atoms with E-state index in [1.807, 2.05) is 36.4 Å². The Morgan fingerprint density at radius 1 is 1.00 bits per heavy atom. The zero-order valence-corrected chi connectivity index (χ0v) is 18.4. The number of ketones is 1. The van der Waals surface area contributed by atoms with E-state index in [-0.39, 0.29) is 11.9 Å². The molecule has 1 aliphatic carbocycles. The number of carbonyl (C=O) groups is 1. The molecule has 0 radical (unpaired) electrons. The van der Waals surface area contributed by atoms with E-state index < -0.39 is 0 Å². The van der Waals surface area contributed by atoms with Crippen LogP contribution in [0.1, 0.15) is 67.6 Å². The molecule has 3 nitrogen and oxygen atoms in total. The number of furan rings is 1. The Labute approximate surface area is 184 Å². The molecule has 0 N–H and O–H groups in total. The van der Waals surface area contributed by atoms with Gasteiger partial charge in [-0.1, -0.05) is 66.7 Å². The monoisotopic (exact) mass is 414 g/mol. The fourth-order valence-corrected chi connectivity index (χ4v) is 4.46. The fraction of sp³-hybridized carbons (Fsp3) is 0.321. The van der Waals surface area contributed by atoms with Gasteiger partial charge in [0.1, 0.15) is 23.4 Å². The van der Waals surface area contributed by atoms with Crippen LogP contribution in [0.4, 0.5) is 0 Å². The summed E-state index contributed by atoms with van der Waals surface area (Å²) in [5.41, 5.74) is 5.52. The van der Waals surface area contributed by atoms with E-state index in [0.29, 0.717) is 12.8 Å². The molecule has 1 aliphatic rings. The number of allylic oxidation sites excluding steroid dienone is 2. The van der Waals surface area contributed by atoms with Crippen molar-refractivity contribution in [3.8, 4) is 11.3 Å². The van der Waals surface area contributed by atoms with Gasteiger partial charge in [-0.2, -0.15) is 0 Å². The molecule has 4 rings (SSSR count). The van der Waals surface area contributed by atoms with E-state index >= 15 is 0 Å². The molecule has 3 aromatic rings. The highest BCUT2D eigenvalue weighted by molar-refractivity contribution is 5.78. The van der Waals surface area contributed by atoms with Gasteiger partial charge in [0.05, 0.1) is 0 Å². The van der Waals surface area contributed by atoms with Crippen LogP contribution in [0.15, 0.2) is 71.2 Å². The first-order chi connectivity index (χ1) is 15.2. The number of benzene rings is 2. The van der Waals surface area contributed by atoms with Crippen molar-refractivity contribution in [1.29, 1.82) is 0 Å². The van der Waals surface area contributed by atoms with E-state index in [1.54, 1.807) is 14.0 Å². The minimum absolute atomic E-state index is 0.186. The van der Waals surface area contributed by atoms with Crippen LogP contribution < -0.4 is 0 Å². The van der Waals surface area contributed by atoms with Crippen LogP contribution >= 0.6 is 0 Å². The number of carbonyl (C=O) groups excluding carboxylic acids is 1. The van der Waals surface area contributed by atoms with Gasteiger partial charge in [0.2, 0.25) is 0 Å². The Morgan fingerprint density at radius 3 is 2.32 bits per heavy atom. The summed E-state index contributed by atoms with van der Waals surface area (Å²) in [4.78, 5) is 11.9. The molecular weight excluding hydrogens is 384 g/mol. The number of Topliss-reactive ketones (excluding diaryl/α,β-unsaturated/α-hetero) is 1. The summed E-state index contributed by atoms with van der Waals surface area (Å²) < 4.78 is 12.7. The van der Waals surface area contributed by atoms with Gasteiger partial charge >= 0.3 is 0 Å². The number of rotatable bonds is 8. The molecule has 1 heterocycles. The van der Waals surface area contributed by atoms with Crippen LogP contribution in [-0.2, 0) is 16.0 Å². The summed E-state index contributed by atoms with van der Waals surface area (Å²) in [5, 5.41) is 0. The molecule has 0 saturated carbocycles. The van der Waals surface area contributed by atoms with Crippen molar-refractivity contribution < 1.29 is 13.9 Å². The van der Waals surface area contributed by atoms with Crippen molar-refractivity contribution in [1.82, 2.24) is 0 Å². The minimum atomic E-state index is -0.264. The van der Waals surface area contributed by atoms with E-state index in [9.17, 15) is 4.79 Å². The van der Waals surface area contributed by atoms with Crippen LogP contribution in [0.2, 0.25) is 0 Å². The van der Waals surface area contributed by atoms with E-state index in [1.165, 1.54) is 18.4 Å². The highest BCUT2D eigenvalue weighted by Crippen LogP contribution is 2.44. The summed E-state index contributed by atoms with van der Waals surface area (Å²) in [6, 6.07) is 20.5. The van der Waals surface area contributed by atoms with Crippen molar-refractivity contribution in [2.75, 3.05) is 7.11 Å². The second kappa shape index (κ2) is 9.93. The van der Waals surface area contributed by atoms with Gasteiger partial charge in [-0.25, -0.2) is 0 Å². The fourth-order valence-electron chi connectivity index (χ4n) is 4.46. The highest BCUT2D eigenvalue weighted by atomic mass is 16.5. The lowest BCUT2D eigenvalue weighted by atomic mass is 9.89. The van der Waals surface area contributed by atoms with E-state index in [2.05, 4.69) is 30.3 Å². The number of methoxy groups -OCH3 is 1. The maximum absolute atomic E-state index is 11.9. The average Bonchev–Trinajstić information content (AvgIpc) is 3.19. The minimum Gasteiger partial charge on any atom is -0.456 e. The van der Waals surface area contributed by atoms with Crippen molar-refractivity contribution in [3.05, 3.63) is 89.2 Å². The molecule has 0 amide bonds. The van der Waals surface area contributed by atoms with Gasteiger partial charge in [-0.05, 0) is 50.2 Å². The Bertz CT molecular complexity index is 1040. The third-order valence-corrected chi connectivity index (χ3v) is 5.99. The average molecular weight is 415 g/mol. The Kier molecular flexibility index (Phi) is 6.83. The second-order valence-corrected chi connectivity index (χ2v) is 8.22. The molecule has 160 valence electrons. The van der Waals surface area contributed by atoms with Crippen LogP contribution in [0.5, 0.6) is 0 Å². The number of hydrogen-bond donors (Lipinski definition) is 0. The first-order valence-corrected chi connectivity index (χ1v) is 11.2. The molecule has 1 unspecified atom stereocenters. The Hall–Kier alpha value is -2.91. The van der Waals surface area contributed by atoms with Gasteiger partial charge in [-0.3, -0.25) is 0 Å². The molecule has 1 aromatic heterocycles. The Balaban J connectivity index is 1.95. The lowest BCUT2D eigenvalue weighted by Crippen LogP contribution is -2.08. The van der Waals surface area contributed by atoms with E-state index in [4.69, 9.17) is 9.15 Å². The zero-order chi connectivity index (χ0) is 21.6. The summed E-state index contributed by atoms with van der Waals surface area (Å²) >= 11 is 0. The molecule has 1 atom stereocenters. The van der Waals surface area contributed by atoms with Gasteiger partial charge in [0.25, 0.3) is 0 Å². The Morgan fingerprint density at radius 2 is 1.71 bits per heavy atom. The maximum Gasteiger partial charge on any atom is 0.141 e. The van der Waals surface area contributed by atoms with Gasteiger partial charge in [0.15, 0.2) is 0 Å². The van der Waals surface area contributed by atoms with Crippen LogP contribution in [-0.4, -0.2) is 12.9 Å². The predicted octanol–water partition coefficient (Wildman–Crippen LogP) is 7.16. The topological polar surface area (TPSA) is 39.4 Å². The first kappa shape index (κ1) is 21.3. The van der Waals surface area contributed by atoms with Crippen molar-refractivity contribution in [2.45, 2.75) is 51.6 Å². The summed E-state index contributed by atoms with van der Waals surface area (Å²) in [6.45, 7) is 1.66. The van der Waals surface area contributed by atoms with E-state index in [0.717, 1.165) is 46.6 Å². The van der Waals surface area contributed by atoms with Crippen molar-refractivity contribution in [2.24, 2.45) is 0 Å². The molecule has 0 aliphatic heterocycles. The lowest BCUT2D eigenvalue weighted by molar-refractivity contribution is -0.116. The smallest absolute Gasteiger partial charge is 0.141 e. The largest absolute Gasteiger partial charge is 0.456 e. The molecule has 0 fully saturated rings. The van der Waals surface area contributed by atoms with Crippen LogP contribution in [0, 0.1) is 0 Å². The predicted molar refractivity (Wildman–Crippen MR) is 125 cm³/mol.